The maximum atomic E-state index is 5.39. The number of aromatic nitrogens is 2. The maximum Gasteiger partial charge on any atom is 0.225 e. The van der Waals surface area contributed by atoms with Crippen LogP contribution in [-0.4, -0.2) is 31.3 Å². The monoisotopic (exact) mass is 394 g/mol. The third-order valence-corrected chi connectivity index (χ3v) is 4.41. The molecule has 3 rings (SSSR count). The molecule has 0 amide bonds. The van der Waals surface area contributed by atoms with Gasteiger partial charge in [0.2, 0.25) is 5.95 Å². The average molecular weight is 394 g/mol. The molecule has 1 heterocycles. The van der Waals surface area contributed by atoms with Crippen molar-refractivity contribution in [3.8, 4) is 17.2 Å². The Kier molecular flexibility index (Phi) is 6.73. The van der Waals surface area contributed by atoms with Gasteiger partial charge in [0, 0.05) is 30.4 Å². The Morgan fingerprint density at radius 3 is 2.28 bits per heavy atom. The summed E-state index contributed by atoms with van der Waals surface area (Å²) >= 11 is 0. The highest BCUT2D eigenvalue weighted by atomic mass is 16.5. The second-order valence-electron chi connectivity index (χ2n) is 6.43. The van der Waals surface area contributed by atoms with Crippen LogP contribution in [0.15, 0.2) is 48.5 Å². The Morgan fingerprint density at radius 2 is 1.52 bits per heavy atom. The lowest BCUT2D eigenvalue weighted by molar-refractivity contribution is 0.354. The number of ether oxygens (including phenoxy) is 3. The van der Waals surface area contributed by atoms with Gasteiger partial charge in [-0.05, 0) is 30.7 Å². The zero-order valence-electron chi connectivity index (χ0n) is 17.2. The molecule has 152 valence electrons. The van der Waals surface area contributed by atoms with Crippen LogP contribution in [0.25, 0.3) is 0 Å². The molecule has 0 aliphatic carbocycles. The van der Waals surface area contributed by atoms with Crippen LogP contribution in [0.3, 0.4) is 0 Å². The lowest BCUT2D eigenvalue weighted by Gasteiger charge is -2.13. The van der Waals surface area contributed by atoms with E-state index in [2.05, 4.69) is 20.6 Å². The highest BCUT2D eigenvalue weighted by Gasteiger charge is 2.07. The highest BCUT2D eigenvalue weighted by Crippen LogP contribution is 2.28. The molecule has 7 nitrogen and oxygen atoms in total. The molecule has 2 aromatic carbocycles. The van der Waals surface area contributed by atoms with E-state index < -0.39 is 0 Å². The molecular formula is C22H26N4O3. The van der Waals surface area contributed by atoms with Gasteiger partial charge in [-0.3, -0.25) is 0 Å². The van der Waals surface area contributed by atoms with Crippen molar-refractivity contribution < 1.29 is 14.2 Å². The van der Waals surface area contributed by atoms with Crippen molar-refractivity contribution in [3.63, 3.8) is 0 Å². The zero-order valence-corrected chi connectivity index (χ0v) is 17.2. The predicted molar refractivity (Wildman–Crippen MR) is 114 cm³/mol. The Hall–Kier alpha value is -3.48. The van der Waals surface area contributed by atoms with E-state index in [1.807, 2.05) is 55.5 Å². The van der Waals surface area contributed by atoms with E-state index in [1.165, 1.54) is 0 Å². The second kappa shape index (κ2) is 9.64. The van der Waals surface area contributed by atoms with Gasteiger partial charge in [0.15, 0.2) is 11.5 Å². The summed E-state index contributed by atoms with van der Waals surface area (Å²) in [6.45, 7) is 3.11. The summed E-state index contributed by atoms with van der Waals surface area (Å²) < 4.78 is 16.0. The number of benzene rings is 2. The van der Waals surface area contributed by atoms with Gasteiger partial charge in [-0.25, -0.2) is 4.98 Å². The second-order valence-corrected chi connectivity index (χ2v) is 6.43. The first-order chi connectivity index (χ1) is 14.1. The molecule has 3 aromatic rings. The van der Waals surface area contributed by atoms with Crippen LogP contribution in [-0.2, 0) is 13.1 Å². The normalized spacial score (nSPS) is 10.3. The number of nitrogens with one attached hydrogen (secondary N) is 2. The van der Waals surface area contributed by atoms with Crippen molar-refractivity contribution in [2.45, 2.75) is 20.0 Å². The average Bonchev–Trinajstić information content (AvgIpc) is 2.75. The fourth-order valence-corrected chi connectivity index (χ4v) is 2.94. The van der Waals surface area contributed by atoms with Crippen LogP contribution >= 0.6 is 0 Å². The Morgan fingerprint density at radius 1 is 0.759 bits per heavy atom. The van der Waals surface area contributed by atoms with Gasteiger partial charge < -0.3 is 24.8 Å². The number of aryl methyl sites for hydroxylation is 1. The van der Waals surface area contributed by atoms with E-state index >= 15 is 0 Å². The van der Waals surface area contributed by atoms with E-state index in [0.717, 1.165) is 28.4 Å². The van der Waals surface area contributed by atoms with Crippen molar-refractivity contribution >= 4 is 11.8 Å². The summed E-state index contributed by atoms with van der Waals surface area (Å²) in [6.07, 6.45) is 0. The third-order valence-electron chi connectivity index (χ3n) is 4.41. The summed E-state index contributed by atoms with van der Waals surface area (Å²) in [5.41, 5.74) is 2.97. The number of methoxy groups -OCH3 is 3. The number of nitrogens with zero attached hydrogens (tertiary/aromatic N) is 2. The molecule has 0 unspecified atom stereocenters. The molecule has 7 heteroatoms. The standard InChI is InChI=1S/C22H26N4O3/c1-15-11-21(23-13-16-9-10-19(28-3)20(12-16)29-4)26-22(25-15)24-14-17-7-5-6-8-18(17)27-2/h5-12H,13-14H2,1-4H3,(H2,23,24,25,26). The van der Waals surface area contributed by atoms with E-state index in [9.17, 15) is 0 Å². The predicted octanol–water partition coefficient (Wildman–Crippen LogP) is 4.04. The fraction of sp³-hybridized carbons (Fsp3) is 0.273. The molecule has 1 aromatic heterocycles. The minimum atomic E-state index is 0.561. The van der Waals surface area contributed by atoms with Crippen LogP contribution < -0.4 is 24.8 Å². The van der Waals surface area contributed by atoms with Gasteiger partial charge >= 0.3 is 0 Å². The minimum absolute atomic E-state index is 0.561. The Labute approximate surface area is 171 Å². The van der Waals surface area contributed by atoms with Gasteiger partial charge in [-0.2, -0.15) is 4.98 Å². The van der Waals surface area contributed by atoms with E-state index in [1.54, 1.807) is 21.3 Å². The van der Waals surface area contributed by atoms with Crippen LogP contribution in [0.4, 0.5) is 11.8 Å². The van der Waals surface area contributed by atoms with Crippen molar-refractivity contribution in [1.82, 2.24) is 9.97 Å². The topological polar surface area (TPSA) is 77.5 Å². The molecule has 0 fully saturated rings. The summed E-state index contributed by atoms with van der Waals surface area (Å²) in [6, 6.07) is 15.6. The number of rotatable bonds is 9. The largest absolute Gasteiger partial charge is 0.496 e. The van der Waals surface area contributed by atoms with Gasteiger partial charge in [-0.15, -0.1) is 0 Å². The molecule has 0 aliphatic rings. The summed E-state index contributed by atoms with van der Waals surface area (Å²) in [5.74, 6) is 3.54. The summed E-state index contributed by atoms with van der Waals surface area (Å²) in [7, 11) is 4.92. The van der Waals surface area contributed by atoms with Crippen molar-refractivity contribution in [2.75, 3.05) is 32.0 Å². The number of para-hydroxylation sites is 1. The van der Waals surface area contributed by atoms with Gasteiger partial charge in [0.25, 0.3) is 0 Å². The maximum absolute atomic E-state index is 5.39. The molecular weight excluding hydrogens is 368 g/mol. The molecule has 0 saturated heterocycles. The van der Waals surface area contributed by atoms with E-state index in [0.29, 0.717) is 30.5 Å². The number of hydrogen-bond acceptors (Lipinski definition) is 7. The first-order valence-electron chi connectivity index (χ1n) is 9.29. The lowest BCUT2D eigenvalue weighted by Crippen LogP contribution is -2.08. The number of hydrogen-bond donors (Lipinski definition) is 2. The van der Waals surface area contributed by atoms with Gasteiger partial charge in [0.05, 0.1) is 21.3 Å². The molecule has 0 spiro atoms. The van der Waals surface area contributed by atoms with E-state index in [4.69, 9.17) is 14.2 Å². The van der Waals surface area contributed by atoms with Crippen LogP contribution in [0.2, 0.25) is 0 Å². The molecule has 0 bridgehead atoms. The van der Waals surface area contributed by atoms with Crippen molar-refractivity contribution in [1.29, 1.82) is 0 Å². The lowest BCUT2D eigenvalue weighted by atomic mass is 10.2. The van der Waals surface area contributed by atoms with Crippen molar-refractivity contribution in [2.24, 2.45) is 0 Å². The first kappa shape index (κ1) is 20.3. The summed E-state index contributed by atoms with van der Waals surface area (Å²) in [5, 5.41) is 6.61. The summed E-state index contributed by atoms with van der Waals surface area (Å²) in [4.78, 5) is 9.04. The third kappa shape index (κ3) is 5.28. The zero-order chi connectivity index (χ0) is 20.6. The fourth-order valence-electron chi connectivity index (χ4n) is 2.94. The number of anilines is 2. The molecule has 0 radical (unpaired) electrons. The molecule has 0 aliphatic heterocycles. The SMILES string of the molecule is COc1ccccc1CNc1nc(C)cc(NCc2ccc(OC)c(OC)c2)n1. The van der Waals surface area contributed by atoms with Gasteiger partial charge in [0.1, 0.15) is 11.6 Å². The Bertz CT molecular complexity index is 963. The van der Waals surface area contributed by atoms with Crippen LogP contribution in [0.5, 0.6) is 17.2 Å². The van der Waals surface area contributed by atoms with Crippen molar-refractivity contribution in [3.05, 3.63) is 65.4 Å². The first-order valence-corrected chi connectivity index (χ1v) is 9.29. The Balaban J connectivity index is 1.67. The van der Waals surface area contributed by atoms with E-state index in [-0.39, 0.29) is 0 Å². The quantitative estimate of drug-likeness (QED) is 0.567. The van der Waals surface area contributed by atoms with Crippen LogP contribution in [0, 0.1) is 6.92 Å². The molecule has 2 N–H and O–H groups in total. The molecule has 29 heavy (non-hydrogen) atoms. The van der Waals surface area contributed by atoms with Gasteiger partial charge in [-0.1, -0.05) is 24.3 Å². The minimum Gasteiger partial charge on any atom is -0.496 e. The molecule has 0 atom stereocenters. The smallest absolute Gasteiger partial charge is 0.225 e. The van der Waals surface area contributed by atoms with Crippen LogP contribution in [0.1, 0.15) is 16.8 Å². The highest BCUT2D eigenvalue weighted by molar-refractivity contribution is 5.46. The molecule has 0 saturated carbocycles.